The number of hydrogen-bond donors (Lipinski definition) is 5. The van der Waals surface area contributed by atoms with Crippen LogP contribution < -0.4 is 21.7 Å². The van der Waals surface area contributed by atoms with E-state index in [1.807, 2.05) is 6.07 Å². The molecule has 1 saturated carbocycles. The molecule has 0 aliphatic heterocycles. The first-order valence-electron chi connectivity index (χ1n) is 11.9. The molecule has 0 unspecified atom stereocenters. The van der Waals surface area contributed by atoms with Crippen LogP contribution in [0.3, 0.4) is 0 Å². The number of nitrogens with zero attached hydrogens (tertiary/aromatic N) is 5. The number of aliphatic hydroxyl groups excluding tert-OH is 1. The summed E-state index contributed by atoms with van der Waals surface area (Å²) in [5, 5.41) is 27.6. The van der Waals surface area contributed by atoms with Crippen molar-refractivity contribution in [1.29, 1.82) is 0 Å². The Morgan fingerprint density at radius 1 is 1.11 bits per heavy atom. The highest BCUT2D eigenvalue weighted by molar-refractivity contribution is 6.04. The van der Waals surface area contributed by atoms with E-state index in [0.717, 1.165) is 31.9 Å². The molecule has 1 aliphatic carbocycles. The minimum absolute atomic E-state index is 0.0189. The quantitative estimate of drug-likeness (QED) is 0.252. The van der Waals surface area contributed by atoms with Gasteiger partial charge in [-0.2, -0.15) is 5.10 Å². The van der Waals surface area contributed by atoms with Crippen molar-refractivity contribution in [3.63, 3.8) is 0 Å². The first-order chi connectivity index (χ1) is 17.5. The summed E-state index contributed by atoms with van der Waals surface area (Å²) in [6.07, 6.45) is 7.93. The van der Waals surface area contributed by atoms with Gasteiger partial charge in [0, 0.05) is 36.6 Å². The van der Waals surface area contributed by atoms with E-state index in [9.17, 15) is 14.3 Å². The van der Waals surface area contributed by atoms with Crippen LogP contribution in [-0.2, 0) is 6.54 Å². The summed E-state index contributed by atoms with van der Waals surface area (Å²) in [6, 6.07) is 8.90. The van der Waals surface area contributed by atoms with Gasteiger partial charge in [-0.05, 0) is 43.9 Å². The van der Waals surface area contributed by atoms with Crippen LogP contribution in [0, 0.1) is 5.82 Å². The molecule has 4 aromatic rings. The van der Waals surface area contributed by atoms with Crippen LogP contribution in [0.15, 0.2) is 48.9 Å². The summed E-state index contributed by atoms with van der Waals surface area (Å²) in [4.78, 5) is 16.8. The Morgan fingerprint density at radius 3 is 2.72 bits per heavy atom. The fraction of sp³-hybridized carbons (Fsp3) is 0.333. The first kappa shape index (κ1) is 23.7. The van der Waals surface area contributed by atoms with Crippen LogP contribution in [0.4, 0.5) is 27.4 Å². The van der Waals surface area contributed by atoms with E-state index >= 15 is 0 Å². The zero-order valence-corrected chi connectivity index (χ0v) is 19.6. The SMILES string of the molecule is NC1CCC(Nc2cc(Nc3ccn(CCO)n3)c3ccc(C(=O)Nc4ccncc4F)n3n2)CC1. The Labute approximate surface area is 206 Å². The summed E-state index contributed by atoms with van der Waals surface area (Å²) in [5.41, 5.74) is 7.65. The van der Waals surface area contributed by atoms with Gasteiger partial charge in [-0.25, -0.2) is 8.91 Å². The number of carbonyl (C=O) groups is 1. The lowest BCUT2D eigenvalue weighted by atomic mass is 9.92. The number of nitrogens with one attached hydrogen (secondary N) is 3. The van der Waals surface area contributed by atoms with Gasteiger partial charge in [0.1, 0.15) is 11.5 Å². The summed E-state index contributed by atoms with van der Waals surface area (Å²) < 4.78 is 17.2. The van der Waals surface area contributed by atoms with Crippen molar-refractivity contribution in [2.75, 3.05) is 22.6 Å². The van der Waals surface area contributed by atoms with Crippen molar-refractivity contribution in [3.05, 3.63) is 60.4 Å². The van der Waals surface area contributed by atoms with Gasteiger partial charge < -0.3 is 26.8 Å². The van der Waals surface area contributed by atoms with E-state index in [2.05, 4.69) is 31.1 Å². The molecule has 0 spiro atoms. The fourth-order valence-electron chi connectivity index (χ4n) is 4.36. The fourth-order valence-corrected chi connectivity index (χ4v) is 4.36. The van der Waals surface area contributed by atoms with Crippen molar-refractivity contribution in [1.82, 2.24) is 24.4 Å². The Bertz CT molecular complexity index is 1360. The number of hydrogen-bond acceptors (Lipinski definition) is 8. The number of halogens is 1. The van der Waals surface area contributed by atoms with Crippen molar-refractivity contribution in [2.45, 2.75) is 44.3 Å². The highest BCUT2D eigenvalue weighted by Crippen LogP contribution is 2.28. The lowest BCUT2D eigenvalue weighted by molar-refractivity contribution is 0.102. The maximum Gasteiger partial charge on any atom is 0.274 e. The molecular formula is C24H28FN9O2. The molecule has 36 heavy (non-hydrogen) atoms. The van der Waals surface area contributed by atoms with Gasteiger partial charge in [0.15, 0.2) is 11.6 Å². The Hall–Kier alpha value is -4.03. The van der Waals surface area contributed by atoms with Gasteiger partial charge >= 0.3 is 0 Å². The second kappa shape index (κ2) is 10.3. The van der Waals surface area contributed by atoms with Gasteiger partial charge in [0.2, 0.25) is 0 Å². The topological polar surface area (TPSA) is 147 Å². The second-order valence-electron chi connectivity index (χ2n) is 8.84. The van der Waals surface area contributed by atoms with Crippen molar-refractivity contribution >= 4 is 34.4 Å². The predicted octanol–water partition coefficient (Wildman–Crippen LogP) is 2.73. The highest BCUT2D eigenvalue weighted by Gasteiger charge is 2.21. The number of aromatic nitrogens is 5. The van der Waals surface area contributed by atoms with Crippen molar-refractivity contribution < 1.29 is 14.3 Å². The van der Waals surface area contributed by atoms with Crippen LogP contribution in [0.5, 0.6) is 0 Å². The molecule has 6 N–H and O–H groups in total. The molecule has 188 valence electrons. The molecular weight excluding hydrogens is 465 g/mol. The third kappa shape index (κ3) is 5.14. The molecule has 0 saturated heterocycles. The van der Waals surface area contributed by atoms with Gasteiger partial charge in [-0.1, -0.05) is 0 Å². The summed E-state index contributed by atoms with van der Waals surface area (Å²) in [6.45, 7) is 0.361. The minimum atomic E-state index is -0.627. The lowest BCUT2D eigenvalue weighted by Crippen LogP contribution is -2.33. The number of nitrogens with two attached hydrogens (primary N) is 1. The summed E-state index contributed by atoms with van der Waals surface area (Å²) >= 11 is 0. The van der Waals surface area contributed by atoms with Crippen LogP contribution >= 0.6 is 0 Å². The van der Waals surface area contributed by atoms with Gasteiger partial charge in [0.25, 0.3) is 5.91 Å². The van der Waals surface area contributed by atoms with E-state index in [1.165, 1.54) is 16.8 Å². The molecule has 4 heterocycles. The predicted molar refractivity (Wildman–Crippen MR) is 134 cm³/mol. The molecule has 0 radical (unpaired) electrons. The third-order valence-corrected chi connectivity index (χ3v) is 6.23. The van der Waals surface area contributed by atoms with Gasteiger partial charge in [0.05, 0.1) is 36.2 Å². The number of amides is 1. The van der Waals surface area contributed by atoms with Crippen molar-refractivity contribution in [3.8, 4) is 0 Å². The molecule has 1 aliphatic rings. The number of anilines is 4. The van der Waals surface area contributed by atoms with Gasteiger partial charge in [-0.3, -0.25) is 14.5 Å². The third-order valence-electron chi connectivity index (χ3n) is 6.23. The minimum Gasteiger partial charge on any atom is -0.394 e. The van der Waals surface area contributed by atoms with Gasteiger partial charge in [-0.15, -0.1) is 5.10 Å². The average molecular weight is 494 g/mol. The second-order valence-corrected chi connectivity index (χ2v) is 8.84. The Morgan fingerprint density at radius 2 is 1.94 bits per heavy atom. The summed E-state index contributed by atoms with van der Waals surface area (Å²) in [7, 11) is 0. The molecule has 5 rings (SSSR count). The molecule has 0 aromatic carbocycles. The molecule has 0 atom stereocenters. The number of carbonyl (C=O) groups excluding carboxylic acids is 1. The number of aliphatic hydroxyl groups is 1. The molecule has 0 bridgehead atoms. The van der Waals surface area contributed by atoms with Crippen molar-refractivity contribution in [2.24, 2.45) is 5.73 Å². The maximum atomic E-state index is 14.1. The number of fused-ring (bicyclic) bond motifs is 1. The monoisotopic (exact) mass is 493 g/mol. The van der Waals surface area contributed by atoms with E-state index in [0.29, 0.717) is 29.4 Å². The van der Waals surface area contributed by atoms with E-state index in [1.54, 1.807) is 29.1 Å². The summed E-state index contributed by atoms with van der Waals surface area (Å²) in [5.74, 6) is 0.0303. The van der Waals surface area contributed by atoms with Crippen LogP contribution in [0.1, 0.15) is 36.2 Å². The highest BCUT2D eigenvalue weighted by atomic mass is 19.1. The normalized spacial score (nSPS) is 17.8. The standard InChI is InChI=1S/C24H28FN9O2/c25-17-14-27-9-7-18(17)30-24(36)21-6-5-20-19(29-22-8-10-33(31-22)11-12-35)13-23(32-34(20)21)28-16-3-1-15(26)2-4-16/h5-10,13-16,35H,1-4,11-12,26H2,(H,28,32)(H,29,31)(H,27,30,36). The molecule has 1 amide bonds. The van der Waals surface area contributed by atoms with Crippen LogP contribution in [-0.4, -0.2) is 54.1 Å². The van der Waals surface area contributed by atoms with E-state index < -0.39 is 11.7 Å². The molecule has 4 aromatic heterocycles. The molecule has 1 fully saturated rings. The van der Waals surface area contributed by atoms with E-state index in [4.69, 9.17) is 5.73 Å². The number of rotatable bonds is 8. The van der Waals surface area contributed by atoms with Crippen LogP contribution in [0.25, 0.3) is 5.52 Å². The average Bonchev–Trinajstić information content (AvgIpc) is 3.49. The zero-order chi connectivity index (χ0) is 25.1. The Kier molecular flexibility index (Phi) is 6.78. The first-order valence-corrected chi connectivity index (χ1v) is 11.9. The maximum absolute atomic E-state index is 14.1. The largest absolute Gasteiger partial charge is 0.394 e. The lowest BCUT2D eigenvalue weighted by Gasteiger charge is -2.27. The molecule has 11 nitrogen and oxygen atoms in total. The zero-order valence-electron chi connectivity index (χ0n) is 19.6. The molecule has 12 heteroatoms. The number of pyridine rings is 1. The van der Waals surface area contributed by atoms with E-state index in [-0.39, 0.29) is 30.1 Å². The Balaban J connectivity index is 1.48. The van der Waals surface area contributed by atoms with Crippen LogP contribution in [0.2, 0.25) is 0 Å². The smallest absolute Gasteiger partial charge is 0.274 e.